The molecule has 0 fully saturated rings. The van der Waals surface area contributed by atoms with Gasteiger partial charge in [-0.15, -0.1) is 0 Å². The van der Waals surface area contributed by atoms with E-state index in [2.05, 4.69) is 18.4 Å². The molecule has 0 saturated heterocycles. The monoisotopic (exact) mass is 136 g/mol. The fraction of sp³-hybridized carbons (Fsp3) is 1.00. The molecular formula is C5H13O2P. The standard InChI is InChI=1S/C5H13O2P/c1-5(2)4-8(6)7-3/h5-6H,4H2,1-3H3. The van der Waals surface area contributed by atoms with E-state index in [-0.39, 0.29) is 0 Å². The van der Waals surface area contributed by atoms with Gasteiger partial charge in [-0.05, 0) is 5.92 Å². The molecule has 0 aromatic heterocycles. The highest BCUT2D eigenvalue weighted by Crippen LogP contribution is 2.31. The van der Waals surface area contributed by atoms with Crippen LogP contribution >= 0.6 is 8.38 Å². The molecule has 0 rings (SSSR count). The first-order chi connectivity index (χ1) is 3.66. The molecule has 0 aromatic rings. The van der Waals surface area contributed by atoms with Crippen LogP contribution in [0.3, 0.4) is 0 Å². The minimum absolute atomic E-state index is 0.533. The van der Waals surface area contributed by atoms with Crippen LogP contribution in [0, 0.1) is 5.92 Å². The lowest BCUT2D eigenvalue weighted by molar-refractivity contribution is 0.385. The van der Waals surface area contributed by atoms with Gasteiger partial charge in [0, 0.05) is 13.3 Å². The third-order valence-corrected chi connectivity index (χ3v) is 2.20. The Bertz CT molecular complexity index is 56.4. The third-order valence-electron chi connectivity index (χ3n) is 0.732. The van der Waals surface area contributed by atoms with Gasteiger partial charge in [0.1, 0.15) is 0 Å². The van der Waals surface area contributed by atoms with Crippen molar-refractivity contribution in [2.45, 2.75) is 13.8 Å². The van der Waals surface area contributed by atoms with Crippen LogP contribution in [0.2, 0.25) is 0 Å². The first-order valence-electron chi connectivity index (χ1n) is 2.67. The van der Waals surface area contributed by atoms with Crippen molar-refractivity contribution < 1.29 is 9.42 Å². The quantitative estimate of drug-likeness (QED) is 0.597. The minimum Gasteiger partial charge on any atom is -0.350 e. The van der Waals surface area contributed by atoms with Gasteiger partial charge in [-0.3, -0.25) is 0 Å². The molecule has 1 N–H and O–H groups in total. The molecule has 0 aromatic carbocycles. The zero-order chi connectivity index (χ0) is 6.57. The van der Waals surface area contributed by atoms with E-state index >= 15 is 0 Å². The second kappa shape index (κ2) is 4.25. The summed E-state index contributed by atoms with van der Waals surface area (Å²) < 4.78 is 4.68. The van der Waals surface area contributed by atoms with Gasteiger partial charge in [-0.2, -0.15) is 0 Å². The van der Waals surface area contributed by atoms with Gasteiger partial charge in [0.2, 0.25) is 0 Å². The van der Waals surface area contributed by atoms with Gasteiger partial charge in [-0.25, -0.2) is 0 Å². The molecular weight excluding hydrogens is 123 g/mol. The first kappa shape index (κ1) is 8.35. The van der Waals surface area contributed by atoms with E-state index in [9.17, 15) is 0 Å². The molecule has 50 valence electrons. The number of hydrogen-bond donors (Lipinski definition) is 1. The molecule has 0 amide bonds. The van der Waals surface area contributed by atoms with Gasteiger partial charge in [0.15, 0.2) is 8.38 Å². The van der Waals surface area contributed by atoms with Gasteiger partial charge < -0.3 is 9.42 Å². The van der Waals surface area contributed by atoms with E-state index in [0.717, 1.165) is 6.16 Å². The van der Waals surface area contributed by atoms with Crippen LogP contribution in [0.4, 0.5) is 0 Å². The lowest BCUT2D eigenvalue weighted by Crippen LogP contribution is -1.93. The molecule has 0 heterocycles. The molecule has 2 nitrogen and oxygen atoms in total. The highest BCUT2D eigenvalue weighted by molar-refractivity contribution is 7.46. The van der Waals surface area contributed by atoms with E-state index in [1.54, 1.807) is 0 Å². The van der Waals surface area contributed by atoms with Gasteiger partial charge in [-0.1, -0.05) is 13.8 Å². The molecule has 1 atom stereocenters. The Kier molecular flexibility index (Phi) is 4.44. The van der Waals surface area contributed by atoms with Crippen molar-refractivity contribution >= 4 is 8.38 Å². The van der Waals surface area contributed by atoms with Crippen LogP contribution in [0.1, 0.15) is 13.8 Å². The molecule has 0 aliphatic heterocycles. The molecule has 0 aliphatic rings. The molecule has 0 aliphatic carbocycles. The first-order valence-corrected chi connectivity index (χ1v) is 4.07. The van der Waals surface area contributed by atoms with Crippen molar-refractivity contribution in [2.75, 3.05) is 13.3 Å². The summed E-state index contributed by atoms with van der Waals surface area (Å²) in [6, 6.07) is 0. The van der Waals surface area contributed by atoms with E-state index in [0.29, 0.717) is 5.92 Å². The van der Waals surface area contributed by atoms with Crippen LogP contribution in [0.25, 0.3) is 0 Å². The van der Waals surface area contributed by atoms with E-state index < -0.39 is 8.38 Å². The van der Waals surface area contributed by atoms with Crippen LogP contribution in [0.5, 0.6) is 0 Å². The molecule has 0 spiro atoms. The SMILES string of the molecule is COP(O)CC(C)C. The van der Waals surface area contributed by atoms with Crippen LogP contribution in [0.15, 0.2) is 0 Å². The Hall–Kier alpha value is 0.350. The average molecular weight is 136 g/mol. The lowest BCUT2D eigenvalue weighted by Gasteiger charge is -2.08. The fourth-order valence-corrected chi connectivity index (χ4v) is 1.16. The summed E-state index contributed by atoms with van der Waals surface area (Å²) in [6.07, 6.45) is 0.784. The second-order valence-electron chi connectivity index (χ2n) is 2.11. The number of rotatable bonds is 3. The van der Waals surface area contributed by atoms with Crippen molar-refractivity contribution in [1.82, 2.24) is 0 Å². The van der Waals surface area contributed by atoms with Crippen molar-refractivity contribution in [1.29, 1.82) is 0 Å². The third kappa shape index (κ3) is 4.51. The summed E-state index contributed by atoms with van der Waals surface area (Å²) >= 11 is 0. The molecule has 0 saturated carbocycles. The van der Waals surface area contributed by atoms with Crippen LogP contribution < -0.4 is 0 Å². The largest absolute Gasteiger partial charge is 0.350 e. The maximum atomic E-state index is 8.87. The highest BCUT2D eigenvalue weighted by atomic mass is 31.2. The predicted molar refractivity (Wildman–Crippen MR) is 35.9 cm³/mol. The molecule has 8 heavy (non-hydrogen) atoms. The van der Waals surface area contributed by atoms with Crippen LogP contribution in [-0.4, -0.2) is 18.2 Å². The Balaban J connectivity index is 3.10. The van der Waals surface area contributed by atoms with Crippen molar-refractivity contribution in [3.05, 3.63) is 0 Å². The Morgan fingerprint density at radius 1 is 1.62 bits per heavy atom. The Morgan fingerprint density at radius 3 is 2.25 bits per heavy atom. The molecule has 0 radical (unpaired) electrons. The van der Waals surface area contributed by atoms with Gasteiger partial charge in [0.05, 0.1) is 0 Å². The summed E-state index contributed by atoms with van der Waals surface area (Å²) in [5.74, 6) is 0.533. The normalized spacial score (nSPS) is 14.6. The van der Waals surface area contributed by atoms with Gasteiger partial charge in [0.25, 0.3) is 0 Å². The lowest BCUT2D eigenvalue weighted by atomic mass is 10.3. The van der Waals surface area contributed by atoms with E-state index in [1.165, 1.54) is 7.11 Å². The summed E-state index contributed by atoms with van der Waals surface area (Å²) in [5, 5.41) is 0. The zero-order valence-corrected chi connectivity index (χ0v) is 6.48. The smallest absolute Gasteiger partial charge is 0.167 e. The minimum atomic E-state index is -1.12. The number of hydrogen-bond acceptors (Lipinski definition) is 2. The summed E-state index contributed by atoms with van der Waals surface area (Å²) in [4.78, 5) is 8.87. The van der Waals surface area contributed by atoms with Crippen molar-refractivity contribution in [2.24, 2.45) is 5.92 Å². The Labute approximate surface area is 51.8 Å². The maximum absolute atomic E-state index is 8.87. The maximum Gasteiger partial charge on any atom is 0.167 e. The van der Waals surface area contributed by atoms with E-state index in [1.807, 2.05) is 0 Å². The van der Waals surface area contributed by atoms with E-state index in [4.69, 9.17) is 4.89 Å². The summed E-state index contributed by atoms with van der Waals surface area (Å²) in [6.45, 7) is 4.12. The molecule has 1 unspecified atom stereocenters. The predicted octanol–water partition coefficient (Wildman–Crippen LogP) is 1.59. The fourth-order valence-electron chi connectivity index (χ4n) is 0.387. The topological polar surface area (TPSA) is 29.5 Å². The Morgan fingerprint density at radius 2 is 2.12 bits per heavy atom. The summed E-state index contributed by atoms with van der Waals surface area (Å²) in [5.41, 5.74) is 0. The molecule has 3 heteroatoms. The summed E-state index contributed by atoms with van der Waals surface area (Å²) in [7, 11) is 0.418. The van der Waals surface area contributed by atoms with Crippen molar-refractivity contribution in [3.8, 4) is 0 Å². The van der Waals surface area contributed by atoms with Crippen LogP contribution in [-0.2, 0) is 4.52 Å². The zero-order valence-electron chi connectivity index (χ0n) is 5.59. The molecule has 0 bridgehead atoms. The van der Waals surface area contributed by atoms with Gasteiger partial charge >= 0.3 is 0 Å². The highest BCUT2D eigenvalue weighted by Gasteiger charge is 2.03. The van der Waals surface area contributed by atoms with Crippen molar-refractivity contribution in [3.63, 3.8) is 0 Å². The second-order valence-corrected chi connectivity index (χ2v) is 3.55. The average Bonchev–Trinajstić information content (AvgIpc) is 1.65.